The summed E-state index contributed by atoms with van der Waals surface area (Å²) in [5, 5.41) is 0. The Morgan fingerprint density at radius 1 is 1.10 bits per heavy atom. The molecule has 1 aliphatic heterocycles. The fraction of sp³-hybridized carbons (Fsp3) is 0.133. The Balaban J connectivity index is 1.89. The zero-order valence-corrected chi connectivity index (χ0v) is 10.8. The van der Waals surface area contributed by atoms with Crippen molar-refractivity contribution in [3.8, 4) is 0 Å². The second kappa shape index (κ2) is 5.05. The number of hydrogen-bond acceptors (Lipinski definition) is 3. The molecule has 0 spiro atoms. The normalized spacial score (nSPS) is 13.7. The molecule has 0 bridgehead atoms. The number of halogens is 2. The molecule has 4 nitrogen and oxygen atoms in total. The third-order valence-corrected chi connectivity index (χ3v) is 3.33. The van der Waals surface area contributed by atoms with Crippen LogP contribution in [-0.4, -0.2) is 23.2 Å². The van der Waals surface area contributed by atoms with Gasteiger partial charge in [-0.25, -0.2) is 8.78 Å². The topological polar surface area (TPSA) is 50.3 Å². The van der Waals surface area contributed by atoms with Crippen molar-refractivity contribution < 1.29 is 18.4 Å². The van der Waals surface area contributed by atoms with E-state index in [0.717, 1.165) is 22.7 Å². The lowest BCUT2D eigenvalue weighted by Crippen LogP contribution is -2.31. The zero-order valence-electron chi connectivity index (χ0n) is 10.8. The van der Waals surface area contributed by atoms with Gasteiger partial charge in [-0.3, -0.25) is 14.6 Å². The Morgan fingerprint density at radius 2 is 1.86 bits per heavy atom. The second-order valence-corrected chi connectivity index (χ2v) is 4.64. The Labute approximate surface area is 119 Å². The van der Waals surface area contributed by atoms with Gasteiger partial charge in [0.2, 0.25) is 0 Å². The van der Waals surface area contributed by atoms with Crippen molar-refractivity contribution in [1.82, 2.24) is 4.98 Å². The van der Waals surface area contributed by atoms with Crippen molar-refractivity contribution in [2.75, 3.05) is 11.4 Å². The maximum Gasteiger partial charge on any atom is 0.299 e. The lowest BCUT2D eigenvalue weighted by molar-refractivity contribution is -0.114. The molecule has 0 fully saturated rings. The van der Waals surface area contributed by atoms with Gasteiger partial charge >= 0.3 is 0 Å². The third-order valence-electron chi connectivity index (χ3n) is 3.33. The first-order valence-electron chi connectivity index (χ1n) is 6.33. The van der Waals surface area contributed by atoms with E-state index in [4.69, 9.17) is 0 Å². The fourth-order valence-corrected chi connectivity index (χ4v) is 2.28. The van der Waals surface area contributed by atoms with Crippen LogP contribution in [-0.2, 0) is 11.2 Å². The first-order valence-corrected chi connectivity index (χ1v) is 6.33. The Kier molecular flexibility index (Phi) is 3.21. The van der Waals surface area contributed by atoms with Gasteiger partial charge in [0.05, 0.1) is 11.3 Å². The van der Waals surface area contributed by atoms with E-state index in [-0.39, 0.29) is 17.8 Å². The van der Waals surface area contributed by atoms with Gasteiger partial charge in [-0.05, 0) is 18.2 Å². The van der Waals surface area contributed by atoms with Gasteiger partial charge in [0, 0.05) is 30.9 Å². The standard InChI is InChI=1S/C15H10F2N2O2/c16-11-7-10-13(8-12(11)17)19(15(21)14(10)20)6-4-9-3-1-2-5-18-9/h1-3,5,7-8H,4,6H2. The fourth-order valence-electron chi connectivity index (χ4n) is 2.28. The van der Waals surface area contributed by atoms with Crippen LogP contribution in [0.2, 0.25) is 0 Å². The van der Waals surface area contributed by atoms with Crippen molar-refractivity contribution in [2.24, 2.45) is 0 Å². The molecule has 1 aromatic heterocycles. The number of pyridine rings is 1. The van der Waals surface area contributed by atoms with Gasteiger partial charge in [0.1, 0.15) is 0 Å². The van der Waals surface area contributed by atoms with Gasteiger partial charge in [0.15, 0.2) is 11.6 Å². The minimum absolute atomic E-state index is 0.0973. The largest absolute Gasteiger partial charge is 0.304 e. The van der Waals surface area contributed by atoms with E-state index in [1.54, 1.807) is 18.3 Å². The van der Waals surface area contributed by atoms with Crippen LogP contribution >= 0.6 is 0 Å². The number of hydrogen-bond donors (Lipinski definition) is 0. The number of fused-ring (bicyclic) bond motifs is 1. The van der Waals surface area contributed by atoms with Crippen LogP contribution < -0.4 is 4.90 Å². The number of nitrogens with zero attached hydrogens (tertiary/aromatic N) is 2. The average Bonchev–Trinajstić information content (AvgIpc) is 2.71. The molecule has 0 aliphatic carbocycles. The van der Waals surface area contributed by atoms with Gasteiger partial charge in [-0.2, -0.15) is 0 Å². The predicted molar refractivity (Wildman–Crippen MR) is 71.0 cm³/mol. The molecule has 1 aromatic carbocycles. The lowest BCUT2D eigenvalue weighted by atomic mass is 10.1. The van der Waals surface area contributed by atoms with Crippen molar-refractivity contribution in [2.45, 2.75) is 6.42 Å². The van der Waals surface area contributed by atoms with Crippen molar-refractivity contribution >= 4 is 17.4 Å². The molecule has 0 atom stereocenters. The van der Waals surface area contributed by atoms with Gasteiger partial charge in [0.25, 0.3) is 11.7 Å². The van der Waals surface area contributed by atoms with E-state index in [1.807, 2.05) is 6.07 Å². The summed E-state index contributed by atoms with van der Waals surface area (Å²) in [5.74, 6) is -3.81. The van der Waals surface area contributed by atoms with Crippen molar-refractivity contribution in [1.29, 1.82) is 0 Å². The first kappa shape index (κ1) is 13.4. The van der Waals surface area contributed by atoms with E-state index < -0.39 is 23.3 Å². The summed E-state index contributed by atoms with van der Waals surface area (Å²) in [6.07, 6.45) is 2.04. The molecular formula is C15H10F2N2O2. The predicted octanol–water partition coefficient (Wildman–Crippen LogP) is 2.13. The third kappa shape index (κ3) is 2.29. The molecule has 1 aliphatic rings. The summed E-state index contributed by atoms with van der Waals surface area (Å²) in [6.45, 7) is 0.180. The molecule has 1 amide bonds. The number of carbonyl (C=O) groups excluding carboxylic acids is 2. The molecule has 0 saturated heterocycles. The minimum Gasteiger partial charge on any atom is -0.304 e. The number of carbonyl (C=O) groups is 2. The van der Waals surface area contributed by atoms with Crippen LogP contribution in [0.5, 0.6) is 0 Å². The lowest BCUT2D eigenvalue weighted by Gasteiger charge is -2.16. The minimum atomic E-state index is -1.14. The summed E-state index contributed by atoms with van der Waals surface area (Å²) in [7, 11) is 0. The number of amides is 1. The molecule has 21 heavy (non-hydrogen) atoms. The van der Waals surface area contributed by atoms with Crippen LogP contribution in [0.15, 0.2) is 36.5 Å². The van der Waals surface area contributed by atoms with Gasteiger partial charge in [-0.1, -0.05) is 6.07 Å². The van der Waals surface area contributed by atoms with Crippen LogP contribution in [0, 0.1) is 11.6 Å². The Morgan fingerprint density at radius 3 is 2.57 bits per heavy atom. The molecule has 2 aromatic rings. The molecule has 106 valence electrons. The molecule has 0 saturated carbocycles. The zero-order chi connectivity index (χ0) is 15.0. The molecule has 6 heteroatoms. The van der Waals surface area contributed by atoms with E-state index in [0.29, 0.717) is 6.42 Å². The van der Waals surface area contributed by atoms with Gasteiger partial charge < -0.3 is 4.90 Å². The van der Waals surface area contributed by atoms with Gasteiger partial charge in [-0.15, -0.1) is 0 Å². The highest BCUT2D eigenvalue weighted by atomic mass is 19.2. The highest BCUT2D eigenvalue weighted by Crippen LogP contribution is 2.31. The summed E-state index contributed by atoms with van der Waals surface area (Å²) in [6, 6.07) is 7.01. The SMILES string of the molecule is O=C1C(=O)N(CCc2ccccn2)c2cc(F)c(F)cc21. The van der Waals surface area contributed by atoms with Crippen LogP contribution in [0.3, 0.4) is 0 Å². The number of anilines is 1. The molecule has 3 rings (SSSR count). The summed E-state index contributed by atoms with van der Waals surface area (Å²) in [5.41, 5.74) is 0.758. The van der Waals surface area contributed by atoms with E-state index >= 15 is 0 Å². The molecular weight excluding hydrogens is 278 g/mol. The molecule has 0 radical (unpaired) electrons. The summed E-state index contributed by atoms with van der Waals surface area (Å²) in [4.78, 5) is 29.0. The number of benzene rings is 1. The maximum atomic E-state index is 13.3. The number of rotatable bonds is 3. The van der Waals surface area contributed by atoms with E-state index in [1.165, 1.54) is 0 Å². The van der Waals surface area contributed by atoms with Crippen molar-refractivity contribution in [3.63, 3.8) is 0 Å². The van der Waals surface area contributed by atoms with E-state index in [2.05, 4.69) is 4.98 Å². The second-order valence-electron chi connectivity index (χ2n) is 4.64. The number of Topliss-reactive ketones (excluding diaryl/α,β-unsaturated/α-hetero) is 1. The van der Waals surface area contributed by atoms with Crippen LogP contribution in [0.25, 0.3) is 0 Å². The Hall–Kier alpha value is -2.63. The Bertz CT molecular complexity index is 732. The average molecular weight is 288 g/mol. The maximum absolute atomic E-state index is 13.3. The van der Waals surface area contributed by atoms with Crippen LogP contribution in [0.1, 0.15) is 16.1 Å². The monoisotopic (exact) mass is 288 g/mol. The highest BCUT2D eigenvalue weighted by molar-refractivity contribution is 6.52. The highest BCUT2D eigenvalue weighted by Gasteiger charge is 2.36. The van der Waals surface area contributed by atoms with Crippen LogP contribution in [0.4, 0.5) is 14.5 Å². The van der Waals surface area contributed by atoms with E-state index in [9.17, 15) is 18.4 Å². The number of ketones is 1. The molecule has 2 heterocycles. The van der Waals surface area contributed by atoms with Crippen molar-refractivity contribution in [3.05, 3.63) is 59.4 Å². The smallest absolute Gasteiger partial charge is 0.299 e. The number of aromatic nitrogens is 1. The first-order chi connectivity index (χ1) is 10.1. The molecule has 0 N–H and O–H groups in total. The molecule has 0 unspecified atom stereocenters. The summed E-state index contributed by atoms with van der Waals surface area (Å²) < 4.78 is 26.5. The quantitative estimate of drug-likeness (QED) is 0.813. The summed E-state index contributed by atoms with van der Waals surface area (Å²) >= 11 is 0.